The van der Waals surface area contributed by atoms with E-state index in [1.165, 1.54) is 18.2 Å². The topological polar surface area (TPSA) is 116 Å². The summed E-state index contributed by atoms with van der Waals surface area (Å²) in [7, 11) is 0. The van der Waals surface area contributed by atoms with Crippen LogP contribution in [0.3, 0.4) is 0 Å². The van der Waals surface area contributed by atoms with Crippen molar-refractivity contribution in [3.05, 3.63) is 52.6 Å². The van der Waals surface area contributed by atoms with E-state index >= 15 is 0 Å². The van der Waals surface area contributed by atoms with Crippen LogP contribution in [0.4, 0.5) is 11.4 Å². The zero-order valence-electron chi connectivity index (χ0n) is 10.5. The number of nitrogens with two attached hydrogens (primary N) is 1. The van der Waals surface area contributed by atoms with Crippen molar-refractivity contribution < 1.29 is 9.72 Å². The lowest BCUT2D eigenvalue weighted by molar-refractivity contribution is -0.384. The Labute approximate surface area is 114 Å². The molecule has 0 unspecified atom stereocenters. The number of carbonyl (C=O) groups excluding carboxylic acids is 1. The van der Waals surface area contributed by atoms with Gasteiger partial charge in [0.25, 0.3) is 5.69 Å². The third kappa shape index (κ3) is 3.10. The van der Waals surface area contributed by atoms with E-state index in [1.54, 1.807) is 18.7 Å². The highest BCUT2D eigenvalue weighted by atomic mass is 16.6. The highest BCUT2D eigenvalue weighted by Gasteiger charge is 2.15. The SMILES string of the molecule is NC(=O)c1ccc([N+](=O)[O-])c(NCCn2ccnc2)c1. The van der Waals surface area contributed by atoms with Gasteiger partial charge in [-0.1, -0.05) is 0 Å². The summed E-state index contributed by atoms with van der Waals surface area (Å²) in [6, 6.07) is 3.98. The number of hydrogen-bond acceptors (Lipinski definition) is 5. The molecule has 0 aliphatic heterocycles. The molecule has 0 spiro atoms. The van der Waals surface area contributed by atoms with Crippen LogP contribution in [0.2, 0.25) is 0 Å². The van der Waals surface area contributed by atoms with Crippen LogP contribution in [0.5, 0.6) is 0 Å². The minimum atomic E-state index is -0.627. The third-order valence-electron chi connectivity index (χ3n) is 2.72. The van der Waals surface area contributed by atoms with Crippen LogP contribution in [0, 0.1) is 10.1 Å². The van der Waals surface area contributed by atoms with Crippen molar-refractivity contribution >= 4 is 17.3 Å². The molecule has 0 atom stereocenters. The maximum absolute atomic E-state index is 11.1. The molecule has 1 heterocycles. The van der Waals surface area contributed by atoms with Crippen LogP contribution >= 0.6 is 0 Å². The number of hydrogen-bond donors (Lipinski definition) is 2. The van der Waals surface area contributed by atoms with Crippen LogP contribution in [-0.4, -0.2) is 26.9 Å². The first kappa shape index (κ1) is 13.5. The number of amides is 1. The van der Waals surface area contributed by atoms with Crippen molar-refractivity contribution in [3.63, 3.8) is 0 Å². The summed E-state index contributed by atoms with van der Waals surface area (Å²) in [5, 5.41) is 13.9. The number of primary amides is 1. The Morgan fingerprint density at radius 3 is 2.90 bits per heavy atom. The lowest BCUT2D eigenvalue weighted by Crippen LogP contribution is -2.14. The largest absolute Gasteiger partial charge is 0.378 e. The van der Waals surface area contributed by atoms with Crippen molar-refractivity contribution in [2.24, 2.45) is 5.73 Å². The number of nitro benzene ring substituents is 1. The lowest BCUT2D eigenvalue weighted by atomic mass is 10.1. The minimum Gasteiger partial charge on any atom is -0.378 e. The van der Waals surface area contributed by atoms with Crippen molar-refractivity contribution in [1.29, 1.82) is 0 Å². The molecule has 0 saturated heterocycles. The van der Waals surface area contributed by atoms with E-state index in [-0.39, 0.29) is 16.9 Å². The number of carbonyl (C=O) groups is 1. The Bertz CT molecular complexity index is 624. The van der Waals surface area contributed by atoms with Crippen molar-refractivity contribution in [1.82, 2.24) is 9.55 Å². The normalized spacial score (nSPS) is 10.2. The van der Waals surface area contributed by atoms with Crippen molar-refractivity contribution in [2.75, 3.05) is 11.9 Å². The molecule has 1 aromatic carbocycles. The van der Waals surface area contributed by atoms with Gasteiger partial charge in [-0.15, -0.1) is 0 Å². The molecule has 1 aromatic heterocycles. The van der Waals surface area contributed by atoms with Crippen LogP contribution in [0.15, 0.2) is 36.9 Å². The Hall–Kier alpha value is -2.90. The molecule has 2 aromatic rings. The number of nitrogens with one attached hydrogen (secondary N) is 1. The van der Waals surface area contributed by atoms with Crippen LogP contribution in [0.1, 0.15) is 10.4 Å². The predicted molar refractivity (Wildman–Crippen MR) is 72.3 cm³/mol. The number of nitro groups is 1. The second-order valence-corrected chi connectivity index (χ2v) is 4.08. The number of nitrogens with zero attached hydrogens (tertiary/aromatic N) is 3. The molecule has 8 nitrogen and oxygen atoms in total. The molecule has 2 rings (SSSR count). The quantitative estimate of drug-likeness (QED) is 0.602. The van der Waals surface area contributed by atoms with Gasteiger partial charge in [0.1, 0.15) is 5.69 Å². The second-order valence-electron chi connectivity index (χ2n) is 4.08. The zero-order chi connectivity index (χ0) is 14.5. The maximum Gasteiger partial charge on any atom is 0.292 e. The standard InChI is InChI=1S/C12H13N5O3/c13-12(18)9-1-2-11(17(19)20)10(7-9)15-4-6-16-5-3-14-8-16/h1-3,5,7-8,15H,4,6H2,(H2,13,18). The molecular weight excluding hydrogens is 262 g/mol. The average molecular weight is 275 g/mol. The molecule has 0 aliphatic rings. The van der Waals surface area contributed by atoms with Crippen molar-refractivity contribution in [2.45, 2.75) is 6.54 Å². The van der Waals surface area contributed by atoms with Crippen molar-refractivity contribution in [3.8, 4) is 0 Å². The number of benzene rings is 1. The molecule has 0 saturated carbocycles. The number of aromatic nitrogens is 2. The Balaban J connectivity index is 2.13. The first-order chi connectivity index (χ1) is 9.58. The van der Waals surface area contributed by atoms with Gasteiger partial charge >= 0.3 is 0 Å². The molecule has 0 radical (unpaired) electrons. The highest BCUT2D eigenvalue weighted by molar-refractivity contribution is 5.94. The molecule has 3 N–H and O–H groups in total. The number of rotatable bonds is 6. The fourth-order valence-electron chi connectivity index (χ4n) is 1.73. The highest BCUT2D eigenvalue weighted by Crippen LogP contribution is 2.25. The van der Waals surface area contributed by atoms with Gasteiger partial charge in [0.2, 0.25) is 5.91 Å². The van der Waals surface area contributed by atoms with Crippen LogP contribution in [-0.2, 0) is 6.54 Å². The summed E-state index contributed by atoms with van der Waals surface area (Å²) in [6.45, 7) is 1.05. The summed E-state index contributed by atoms with van der Waals surface area (Å²) < 4.78 is 1.83. The summed E-state index contributed by atoms with van der Waals surface area (Å²) >= 11 is 0. The van der Waals surface area contributed by atoms with E-state index in [2.05, 4.69) is 10.3 Å². The molecule has 104 valence electrons. The van der Waals surface area contributed by atoms with Gasteiger partial charge < -0.3 is 15.6 Å². The first-order valence-corrected chi connectivity index (χ1v) is 5.86. The summed E-state index contributed by atoms with van der Waals surface area (Å²) in [4.78, 5) is 25.4. The van der Waals surface area contributed by atoms with Gasteiger partial charge in [-0.25, -0.2) is 4.98 Å². The van der Waals surface area contributed by atoms with E-state index in [0.29, 0.717) is 13.1 Å². The predicted octanol–water partition coefficient (Wildman–Crippen LogP) is 1.00. The van der Waals surface area contributed by atoms with E-state index in [4.69, 9.17) is 5.73 Å². The summed E-state index contributed by atoms with van der Waals surface area (Å²) in [6.07, 6.45) is 5.09. The van der Waals surface area contributed by atoms with Crippen LogP contribution in [0.25, 0.3) is 0 Å². The molecule has 0 aliphatic carbocycles. The molecule has 20 heavy (non-hydrogen) atoms. The number of anilines is 1. The summed E-state index contributed by atoms with van der Waals surface area (Å²) in [5.74, 6) is -0.627. The maximum atomic E-state index is 11.1. The molecular formula is C12H13N5O3. The van der Waals surface area contributed by atoms with E-state index in [1.807, 2.05) is 4.57 Å². The smallest absolute Gasteiger partial charge is 0.292 e. The average Bonchev–Trinajstić information content (AvgIpc) is 2.91. The monoisotopic (exact) mass is 275 g/mol. The van der Waals surface area contributed by atoms with Gasteiger partial charge in [0, 0.05) is 37.1 Å². The fraction of sp³-hybridized carbons (Fsp3) is 0.167. The molecule has 8 heteroatoms. The summed E-state index contributed by atoms with van der Waals surface area (Å²) in [5.41, 5.74) is 5.56. The van der Waals surface area contributed by atoms with Gasteiger partial charge in [0.15, 0.2) is 0 Å². The van der Waals surface area contributed by atoms with Gasteiger partial charge in [-0.2, -0.15) is 0 Å². The lowest BCUT2D eigenvalue weighted by Gasteiger charge is -2.08. The van der Waals surface area contributed by atoms with E-state index < -0.39 is 10.8 Å². The number of imidazole rings is 1. The van der Waals surface area contributed by atoms with Gasteiger partial charge in [0.05, 0.1) is 11.3 Å². The Kier molecular flexibility index (Phi) is 3.94. The Morgan fingerprint density at radius 2 is 2.30 bits per heavy atom. The van der Waals surface area contributed by atoms with Gasteiger partial charge in [-0.05, 0) is 12.1 Å². The van der Waals surface area contributed by atoms with Crippen LogP contribution < -0.4 is 11.1 Å². The second kappa shape index (κ2) is 5.83. The first-order valence-electron chi connectivity index (χ1n) is 5.86. The third-order valence-corrected chi connectivity index (χ3v) is 2.72. The van der Waals surface area contributed by atoms with E-state index in [0.717, 1.165) is 0 Å². The zero-order valence-corrected chi connectivity index (χ0v) is 10.5. The fourth-order valence-corrected chi connectivity index (χ4v) is 1.73. The Morgan fingerprint density at radius 1 is 1.50 bits per heavy atom. The molecule has 1 amide bonds. The van der Waals surface area contributed by atoms with E-state index in [9.17, 15) is 14.9 Å². The molecule has 0 fully saturated rings. The van der Waals surface area contributed by atoms with Gasteiger partial charge in [-0.3, -0.25) is 14.9 Å². The minimum absolute atomic E-state index is 0.0966. The molecule has 0 bridgehead atoms.